The molecule has 0 radical (unpaired) electrons. The van der Waals surface area contributed by atoms with E-state index in [0.717, 1.165) is 19.3 Å². The molecule has 1 aliphatic rings. The maximum Gasteiger partial charge on any atom is 0.338 e. The van der Waals surface area contributed by atoms with Crippen molar-refractivity contribution in [2.45, 2.75) is 24.2 Å². The Bertz CT molecular complexity index is 1040. The third kappa shape index (κ3) is 5.48. The second kappa shape index (κ2) is 9.74. The highest BCUT2D eigenvalue weighted by Crippen LogP contribution is 2.28. The van der Waals surface area contributed by atoms with Gasteiger partial charge in [0.15, 0.2) is 6.61 Å². The predicted molar refractivity (Wildman–Crippen MR) is 112 cm³/mol. The summed E-state index contributed by atoms with van der Waals surface area (Å²) >= 11 is 11.8. The van der Waals surface area contributed by atoms with E-state index in [0.29, 0.717) is 18.1 Å². The van der Waals surface area contributed by atoms with Crippen LogP contribution in [-0.4, -0.2) is 49.3 Å². The van der Waals surface area contributed by atoms with E-state index in [1.807, 2.05) is 0 Å². The average molecular weight is 472 g/mol. The van der Waals surface area contributed by atoms with Crippen LogP contribution in [0.15, 0.2) is 41.4 Å². The number of nitrogens with zero attached hydrogens (tertiary/aromatic N) is 2. The van der Waals surface area contributed by atoms with Crippen LogP contribution in [0.3, 0.4) is 0 Å². The van der Waals surface area contributed by atoms with Crippen LogP contribution in [-0.2, 0) is 19.6 Å². The van der Waals surface area contributed by atoms with Gasteiger partial charge < -0.3 is 10.1 Å². The lowest BCUT2D eigenvalue weighted by molar-refractivity contribution is -0.119. The van der Waals surface area contributed by atoms with Crippen molar-refractivity contribution in [1.82, 2.24) is 9.29 Å². The molecule has 1 N–H and O–H groups in total. The quantitative estimate of drug-likeness (QED) is 0.647. The van der Waals surface area contributed by atoms with Gasteiger partial charge >= 0.3 is 5.97 Å². The molecular formula is C19H19Cl2N3O5S. The Morgan fingerprint density at radius 2 is 1.83 bits per heavy atom. The fraction of sp³-hybridized carbons (Fsp3) is 0.316. The molecule has 0 atom stereocenters. The predicted octanol–water partition coefficient (Wildman–Crippen LogP) is 3.36. The Balaban J connectivity index is 1.67. The zero-order valence-electron chi connectivity index (χ0n) is 15.8. The number of hydrogen-bond donors (Lipinski definition) is 1. The fourth-order valence-electron chi connectivity index (χ4n) is 2.92. The minimum atomic E-state index is -3.83. The van der Waals surface area contributed by atoms with Crippen molar-refractivity contribution in [3.63, 3.8) is 0 Å². The van der Waals surface area contributed by atoms with E-state index >= 15 is 0 Å². The van der Waals surface area contributed by atoms with Crippen LogP contribution in [0.25, 0.3) is 0 Å². The molecule has 0 bridgehead atoms. The number of rotatable bonds is 6. The lowest BCUT2D eigenvalue weighted by atomic mass is 10.2. The number of halogens is 2. The summed E-state index contributed by atoms with van der Waals surface area (Å²) in [4.78, 5) is 28.0. The Morgan fingerprint density at radius 3 is 2.50 bits per heavy atom. The monoisotopic (exact) mass is 471 g/mol. The van der Waals surface area contributed by atoms with Crippen LogP contribution in [0.4, 0.5) is 5.82 Å². The molecule has 0 unspecified atom stereocenters. The van der Waals surface area contributed by atoms with Gasteiger partial charge in [-0.1, -0.05) is 29.6 Å². The number of esters is 1. The number of aromatic nitrogens is 1. The zero-order valence-corrected chi connectivity index (χ0v) is 18.1. The Hall–Kier alpha value is -2.20. The second-order valence-electron chi connectivity index (χ2n) is 6.60. The summed E-state index contributed by atoms with van der Waals surface area (Å²) in [6.45, 7) is 0.248. The average Bonchev–Trinajstić information content (AvgIpc) is 2.74. The number of carbonyl (C=O) groups is 2. The van der Waals surface area contributed by atoms with Gasteiger partial charge in [-0.3, -0.25) is 4.79 Å². The van der Waals surface area contributed by atoms with E-state index in [2.05, 4.69) is 10.3 Å². The highest BCUT2D eigenvalue weighted by molar-refractivity contribution is 7.89. The molecular weight excluding hydrogens is 453 g/mol. The third-order valence-corrected chi connectivity index (χ3v) is 7.03. The summed E-state index contributed by atoms with van der Waals surface area (Å²) in [6, 6.07) is 6.89. The van der Waals surface area contributed by atoms with Crippen LogP contribution >= 0.6 is 23.2 Å². The van der Waals surface area contributed by atoms with Gasteiger partial charge in [0, 0.05) is 19.3 Å². The lowest BCUT2D eigenvalue weighted by Crippen LogP contribution is -2.35. The first-order valence-electron chi connectivity index (χ1n) is 9.15. The fourth-order valence-corrected chi connectivity index (χ4v) is 5.04. The van der Waals surface area contributed by atoms with Gasteiger partial charge in [0.25, 0.3) is 5.91 Å². The molecule has 2 heterocycles. The Kier molecular flexibility index (Phi) is 7.30. The number of benzene rings is 1. The van der Waals surface area contributed by atoms with Crippen molar-refractivity contribution in [3.8, 4) is 0 Å². The second-order valence-corrected chi connectivity index (χ2v) is 9.35. The van der Waals surface area contributed by atoms with Crippen molar-refractivity contribution in [1.29, 1.82) is 0 Å². The van der Waals surface area contributed by atoms with Gasteiger partial charge in [-0.2, -0.15) is 4.31 Å². The molecule has 1 saturated heterocycles. The standard InChI is InChI=1S/C19H19Cl2N3O5S/c20-14-5-7-17(22-11-14)23-18(25)12-29-19(26)13-4-6-15(21)16(10-13)30(27,28)24-8-2-1-3-9-24/h4-7,10-11H,1-3,8-9,12H2,(H,22,23,25). The molecule has 0 saturated carbocycles. The SMILES string of the molecule is O=C(COC(=O)c1ccc(Cl)c(S(=O)(=O)N2CCCCC2)c1)Nc1ccc(Cl)cn1. The van der Waals surface area contributed by atoms with E-state index in [1.165, 1.54) is 34.8 Å². The first-order valence-corrected chi connectivity index (χ1v) is 11.4. The summed E-state index contributed by atoms with van der Waals surface area (Å²) in [6.07, 6.45) is 3.88. The van der Waals surface area contributed by atoms with Crippen molar-refractivity contribution < 1.29 is 22.7 Å². The van der Waals surface area contributed by atoms with Crippen LogP contribution < -0.4 is 5.32 Å². The molecule has 1 aliphatic heterocycles. The highest BCUT2D eigenvalue weighted by atomic mass is 35.5. The van der Waals surface area contributed by atoms with E-state index in [-0.39, 0.29) is 21.3 Å². The number of ether oxygens (including phenoxy) is 1. The number of pyridine rings is 1. The Labute approximate surface area is 184 Å². The van der Waals surface area contributed by atoms with E-state index in [1.54, 1.807) is 6.07 Å². The summed E-state index contributed by atoms with van der Waals surface area (Å²) in [7, 11) is -3.83. The van der Waals surface area contributed by atoms with E-state index in [9.17, 15) is 18.0 Å². The van der Waals surface area contributed by atoms with Gasteiger partial charge in [0.1, 0.15) is 10.7 Å². The maximum absolute atomic E-state index is 12.9. The topological polar surface area (TPSA) is 106 Å². The molecule has 0 aliphatic carbocycles. The normalized spacial score (nSPS) is 14.9. The minimum absolute atomic E-state index is 0.0173. The highest BCUT2D eigenvalue weighted by Gasteiger charge is 2.29. The summed E-state index contributed by atoms with van der Waals surface area (Å²) in [5.74, 6) is -1.20. The number of hydrogen-bond acceptors (Lipinski definition) is 6. The number of carbonyl (C=O) groups excluding carboxylic acids is 2. The molecule has 0 spiro atoms. The maximum atomic E-state index is 12.9. The van der Waals surface area contributed by atoms with Gasteiger partial charge in [-0.05, 0) is 43.2 Å². The summed E-state index contributed by atoms with van der Waals surface area (Å²) in [5.41, 5.74) is -0.0209. The van der Waals surface area contributed by atoms with Crippen LogP contribution in [0.2, 0.25) is 10.0 Å². The van der Waals surface area contributed by atoms with Gasteiger partial charge in [0.05, 0.1) is 15.6 Å². The smallest absolute Gasteiger partial charge is 0.338 e. The summed E-state index contributed by atoms with van der Waals surface area (Å²) in [5, 5.41) is 2.89. The molecule has 2 aromatic rings. The number of nitrogens with one attached hydrogen (secondary N) is 1. The molecule has 3 rings (SSSR count). The van der Waals surface area contributed by atoms with Crippen LogP contribution in [0.1, 0.15) is 29.6 Å². The molecule has 160 valence electrons. The summed E-state index contributed by atoms with van der Waals surface area (Å²) < 4.78 is 32.1. The molecule has 1 amide bonds. The van der Waals surface area contributed by atoms with E-state index < -0.39 is 28.5 Å². The van der Waals surface area contributed by atoms with Crippen molar-refractivity contribution in [2.24, 2.45) is 0 Å². The first-order chi connectivity index (χ1) is 14.3. The number of anilines is 1. The lowest BCUT2D eigenvalue weighted by Gasteiger charge is -2.26. The number of sulfonamides is 1. The Morgan fingerprint density at radius 1 is 1.10 bits per heavy atom. The molecule has 30 heavy (non-hydrogen) atoms. The first kappa shape index (κ1) is 22.5. The van der Waals surface area contributed by atoms with Gasteiger partial charge in [-0.15, -0.1) is 0 Å². The van der Waals surface area contributed by atoms with Crippen molar-refractivity contribution in [3.05, 3.63) is 52.1 Å². The minimum Gasteiger partial charge on any atom is -0.452 e. The molecule has 8 nitrogen and oxygen atoms in total. The van der Waals surface area contributed by atoms with Gasteiger partial charge in [0.2, 0.25) is 10.0 Å². The van der Waals surface area contributed by atoms with Crippen molar-refractivity contribution >= 4 is 50.9 Å². The van der Waals surface area contributed by atoms with Crippen molar-refractivity contribution in [2.75, 3.05) is 25.0 Å². The van der Waals surface area contributed by atoms with Crippen LogP contribution in [0, 0.1) is 0 Å². The molecule has 1 aromatic heterocycles. The molecule has 11 heteroatoms. The van der Waals surface area contributed by atoms with Crippen LogP contribution in [0.5, 0.6) is 0 Å². The molecule has 1 aromatic carbocycles. The number of amides is 1. The van der Waals surface area contributed by atoms with Gasteiger partial charge in [-0.25, -0.2) is 18.2 Å². The largest absolute Gasteiger partial charge is 0.452 e. The molecule has 1 fully saturated rings. The third-order valence-electron chi connectivity index (χ3n) is 4.43. The zero-order chi connectivity index (χ0) is 21.7. The number of piperidine rings is 1. The van der Waals surface area contributed by atoms with E-state index in [4.69, 9.17) is 27.9 Å².